The van der Waals surface area contributed by atoms with Crippen LogP contribution in [0.2, 0.25) is 0 Å². The molecule has 0 N–H and O–H groups in total. The lowest BCUT2D eigenvalue weighted by Gasteiger charge is -2.14. The van der Waals surface area contributed by atoms with E-state index in [2.05, 4.69) is 18.9 Å². The molecule has 1 saturated carbocycles. The summed E-state index contributed by atoms with van der Waals surface area (Å²) < 4.78 is 122. The normalized spacial score (nSPS) is 21.1. The molecule has 0 aromatic rings. The lowest BCUT2D eigenvalue weighted by Crippen LogP contribution is -2.27. The van der Waals surface area contributed by atoms with Gasteiger partial charge in [0.25, 0.3) is 0 Å². The first-order valence-corrected chi connectivity index (χ1v) is 8.63. The maximum atomic E-state index is 12.1. The van der Waals surface area contributed by atoms with E-state index in [0.717, 1.165) is 0 Å². The predicted octanol–water partition coefficient (Wildman–Crippen LogP) is 2.00. The van der Waals surface area contributed by atoms with Gasteiger partial charge in [-0.1, -0.05) is 10.3 Å². The van der Waals surface area contributed by atoms with Crippen LogP contribution in [-0.4, -0.2) is 39.3 Å². The van der Waals surface area contributed by atoms with Crippen molar-refractivity contribution in [1.82, 2.24) is 0 Å². The zero-order chi connectivity index (χ0) is 18.8. The van der Waals surface area contributed by atoms with Gasteiger partial charge in [0.2, 0.25) is 0 Å². The molecule has 140 valence electrons. The minimum Gasteiger partial charge on any atom is -0.262 e. The Bertz CT molecular complexity index is 672. The molecule has 1 aliphatic carbocycles. The van der Waals surface area contributed by atoms with Gasteiger partial charge in [-0.25, -0.2) is 0 Å². The van der Waals surface area contributed by atoms with E-state index in [1.165, 1.54) is 0 Å². The molecule has 0 heterocycles. The third-order valence-corrected chi connectivity index (χ3v) is 4.14. The molecule has 0 aromatic heterocycles. The highest BCUT2D eigenvalue weighted by Crippen LogP contribution is 2.27. The molecule has 24 heavy (non-hydrogen) atoms. The summed E-state index contributed by atoms with van der Waals surface area (Å²) in [5.74, 6) is 0. The molecule has 1 rings (SSSR count). The van der Waals surface area contributed by atoms with E-state index in [1.54, 1.807) is 0 Å². The molecular weight excluding hydrogens is 398 g/mol. The van der Waals surface area contributed by atoms with Crippen molar-refractivity contribution in [2.75, 3.05) is 0 Å². The molecule has 1 fully saturated rings. The van der Waals surface area contributed by atoms with E-state index in [-0.39, 0.29) is 25.7 Å². The zero-order valence-corrected chi connectivity index (χ0v) is 12.9. The largest absolute Gasteiger partial charge is 0.536 e. The first-order chi connectivity index (χ1) is 10.7. The maximum absolute atomic E-state index is 12.1. The number of nitrogens with zero attached hydrogens (tertiary/aromatic N) is 2. The van der Waals surface area contributed by atoms with E-state index < -0.39 is 42.7 Å². The second-order valence-corrected chi connectivity index (χ2v) is 7.27. The SMILES string of the molecule is O=S(=O)(ON=C1CCCCC1=NOS(=O)(=O)C(F)(F)F)C(F)(F)F. The van der Waals surface area contributed by atoms with Crippen molar-refractivity contribution in [2.24, 2.45) is 10.3 Å². The average molecular weight is 406 g/mol. The third kappa shape index (κ3) is 4.96. The van der Waals surface area contributed by atoms with Gasteiger partial charge in [-0.3, -0.25) is 8.57 Å². The van der Waals surface area contributed by atoms with Crippen LogP contribution in [-0.2, 0) is 28.8 Å². The molecule has 1 aliphatic rings. The Kier molecular flexibility index (Phi) is 5.74. The summed E-state index contributed by atoms with van der Waals surface area (Å²) in [6, 6.07) is 0. The van der Waals surface area contributed by atoms with Gasteiger partial charge in [0.1, 0.15) is 11.4 Å². The highest BCUT2D eigenvalue weighted by atomic mass is 32.2. The molecular formula is C8H8F6N2O6S2. The third-order valence-electron chi connectivity index (χ3n) is 2.47. The Morgan fingerprint density at radius 1 is 0.708 bits per heavy atom. The molecule has 0 radical (unpaired) electrons. The summed E-state index contributed by atoms with van der Waals surface area (Å²) in [7, 11) is -12.1. The summed E-state index contributed by atoms with van der Waals surface area (Å²) >= 11 is 0. The van der Waals surface area contributed by atoms with E-state index >= 15 is 0 Å². The average Bonchev–Trinajstić information content (AvgIpc) is 2.41. The summed E-state index contributed by atoms with van der Waals surface area (Å²) in [5, 5.41) is 5.37. The van der Waals surface area contributed by atoms with Crippen LogP contribution in [0.4, 0.5) is 26.3 Å². The Morgan fingerprint density at radius 3 is 1.25 bits per heavy atom. The fourth-order valence-electron chi connectivity index (χ4n) is 1.34. The predicted molar refractivity (Wildman–Crippen MR) is 65.5 cm³/mol. The van der Waals surface area contributed by atoms with Crippen LogP contribution >= 0.6 is 0 Å². The van der Waals surface area contributed by atoms with E-state index in [1.807, 2.05) is 0 Å². The van der Waals surface area contributed by atoms with Gasteiger partial charge in [0.15, 0.2) is 0 Å². The highest BCUT2D eigenvalue weighted by molar-refractivity contribution is 7.87. The first kappa shape index (κ1) is 20.5. The summed E-state index contributed by atoms with van der Waals surface area (Å²) in [6.45, 7) is 0. The molecule has 8 nitrogen and oxygen atoms in total. The molecule has 0 aliphatic heterocycles. The number of oxime groups is 2. The molecule has 0 saturated heterocycles. The van der Waals surface area contributed by atoms with Gasteiger partial charge >= 0.3 is 31.3 Å². The molecule has 0 spiro atoms. The van der Waals surface area contributed by atoms with Crippen molar-refractivity contribution in [3.8, 4) is 0 Å². The minimum atomic E-state index is -6.07. The molecule has 16 heteroatoms. The van der Waals surface area contributed by atoms with Crippen LogP contribution in [0.5, 0.6) is 0 Å². The Morgan fingerprint density at radius 2 is 1.00 bits per heavy atom. The van der Waals surface area contributed by atoms with Crippen molar-refractivity contribution in [1.29, 1.82) is 0 Å². The van der Waals surface area contributed by atoms with Gasteiger partial charge < -0.3 is 0 Å². The zero-order valence-electron chi connectivity index (χ0n) is 11.3. The minimum absolute atomic E-state index is 0.207. The van der Waals surface area contributed by atoms with Crippen molar-refractivity contribution >= 4 is 31.7 Å². The highest BCUT2D eigenvalue weighted by Gasteiger charge is 2.50. The topological polar surface area (TPSA) is 111 Å². The molecule has 0 bridgehead atoms. The van der Waals surface area contributed by atoms with Crippen LogP contribution in [0, 0.1) is 0 Å². The number of halogens is 6. The monoisotopic (exact) mass is 406 g/mol. The van der Waals surface area contributed by atoms with Crippen LogP contribution in [0.15, 0.2) is 10.3 Å². The number of hydrogen-bond acceptors (Lipinski definition) is 8. The van der Waals surface area contributed by atoms with Gasteiger partial charge in [-0.2, -0.15) is 43.2 Å². The Hall–Kier alpha value is -1.58. The van der Waals surface area contributed by atoms with Gasteiger partial charge in [-0.05, 0) is 25.7 Å². The molecule has 0 aromatic carbocycles. The molecule has 0 atom stereocenters. The number of alkyl halides is 6. The van der Waals surface area contributed by atoms with E-state index in [4.69, 9.17) is 0 Å². The smallest absolute Gasteiger partial charge is 0.262 e. The second kappa shape index (κ2) is 6.73. The maximum Gasteiger partial charge on any atom is 0.536 e. The second-order valence-electron chi connectivity index (χ2n) is 4.23. The van der Waals surface area contributed by atoms with Crippen LogP contribution in [0.1, 0.15) is 25.7 Å². The van der Waals surface area contributed by atoms with Gasteiger partial charge in [0, 0.05) is 0 Å². The lowest BCUT2D eigenvalue weighted by molar-refractivity contribution is -0.0546. The van der Waals surface area contributed by atoms with Crippen molar-refractivity contribution in [3.63, 3.8) is 0 Å². The fourth-order valence-corrected chi connectivity index (χ4v) is 1.89. The Balaban J connectivity index is 3.02. The van der Waals surface area contributed by atoms with Gasteiger partial charge in [0.05, 0.1) is 0 Å². The molecule has 0 unspecified atom stereocenters. The van der Waals surface area contributed by atoms with E-state index in [9.17, 15) is 43.2 Å². The quantitative estimate of drug-likeness (QED) is 0.401. The van der Waals surface area contributed by atoms with E-state index in [0.29, 0.717) is 0 Å². The van der Waals surface area contributed by atoms with Crippen LogP contribution in [0.25, 0.3) is 0 Å². The fraction of sp³-hybridized carbons (Fsp3) is 0.750. The summed E-state index contributed by atoms with van der Waals surface area (Å²) in [5.41, 5.74) is -12.7. The molecule has 0 amide bonds. The van der Waals surface area contributed by atoms with Crippen molar-refractivity contribution < 1.29 is 51.7 Å². The van der Waals surface area contributed by atoms with Crippen LogP contribution < -0.4 is 0 Å². The standard InChI is InChI=1S/C8H8F6N2O6S2/c9-7(10,11)23(17,18)21-15-5-3-1-2-4-6(5)16-22-24(19,20)8(12,13)14/h1-4H2. The van der Waals surface area contributed by atoms with Crippen molar-refractivity contribution in [2.45, 2.75) is 36.7 Å². The van der Waals surface area contributed by atoms with Gasteiger partial charge in [-0.15, -0.1) is 0 Å². The number of rotatable bonds is 4. The lowest BCUT2D eigenvalue weighted by atomic mass is 9.97. The summed E-state index contributed by atoms with van der Waals surface area (Å²) in [6.07, 6.45) is 0.141. The summed E-state index contributed by atoms with van der Waals surface area (Å²) in [4.78, 5) is 0. The Labute approximate surface area is 131 Å². The van der Waals surface area contributed by atoms with Crippen molar-refractivity contribution in [3.05, 3.63) is 0 Å². The first-order valence-electron chi connectivity index (χ1n) is 5.81. The van der Waals surface area contributed by atoms with Crippen LogP contribution in [0.3, 0.4) is 0 Å². The number of hydrogen-bond donors (Lipinski definition) is 0.